The average Bonchev–Trinajstić information content (AvgIpc) is 2.75. The predicted molar refractivity (Wildman–Crippen MR) is 110 cm³/mol. The van der Waals surface area contributed by atoms with Crippen LogP contribution in [0.25, 0.3) is 6.08 Å². The third-order valence-electron chi connectivity index (χ3n) is 4.27. The van der Waals surface area contributed by atoms with Gasteiger partial charge in [-0.1, -0.05) is 12.1 Å². The molecule has 2 aromatic carbocycles. The molecule has 0 spiro atoms. The van der Waals surface area contributed by atoms with Gasteiger partial charge in [-0.25, -0.2) is 9.69 Å². The molecular formula is C20H16N4O8. The lowest BCUT2D eigenvalue weighted by Gasteiger charge is -2.26. The molecule has 0 atom stereocenters. The molecule has 1 saturated heterocycles. The number of anilines is 1. The topological polar surface area (TPSA) is 171 Å². The summed E-state index contributed by atoms with van der Waals surface area (Å²) in [5.41, 5.74) is 4.60. The number of amides is 5. The summed E-state index contributed by atoms with van der Waals surface area (Å²) in [5.74, 6) is -2.17. The number of nitro groups is 1. The molecule has 3 N–H and O–H groups in total. The lowest BCUT2D eigenvalue weighted by molar-refractivity contribution is -0.384. The van der Waals surface area contributed by atoms with Gasteiger partial charge in [0.2, 0.25) is 0 Å². The second kappa shape index (κ2) is 8.95. The van der Waals surface area contributed by atoms with Crippen LogP contribution in [0.3, 0.4) is 0 Å². The van der Waals surface area contributed by atoms with E-state index in [4.69, 9.17) is 15.2 Å². The van der Waals surface area contributed by atoms with Crippen molar-refractivity contribution >= 4 is 41.2 Å². The van der Waals surface area contributed by atoms with E-state index in [9.17, 15) is 29.3 Å². The summed E-state index contributed by atoms with van der Waals surface area (Å²) in [7, 11) is 1.35. The molecule has 0 unspecified atom stereocenters. The second-order valence-electron chi connectivity index (χ2n) is 6.40. The number of nitrogens with one attached hydrogen (secondary N) is 1. The molecule has 0 aliphatic carbocycles. The zero-order chi connectivity index (χ0) is 23.4. The minimum absolute atomic E-state index is 0.0760. The summed E-state index contributed by atoms with van der Waals surface area (Å²) < 4.78 is 10.4. The zero-order valence-electron chi connectivity index (χ0n) is 16.6. The Hall–Kier alpha value is -4.74. The SMILES string of the molecule is COc1cc(/C=C2\C(=O)NC(=O)N(c3cccc([N+](=O)[O-])c3)C2=O)ccc1OCC(N)=O. The summed E-state index contributed by atoms with van der Waals surface area (Å²) >= 11 is 0. The van der Waals surface area contributed by atoms with Gasteiger partial charge < -0.3 is 15.2 Å². The molecular weight excluding hydrogens is 424 g/mol. The van der Waals surface area contributed by atoms with Crippen LogP contribution in [0.4, 0.5) is 16.2 Å². The molecule has 0 saturated carbocycles. The first-order valence-electron chi connectivity index (χ1n) is 8.96. The number of nitrogens with two attached hydrogens (primary N) is 1. The Kier molecular flexibility index (Phi) is 6.14. The molecule has 0 radical (unpaired) electrons. The minimum atomic E-state index is -1.04. The van der Waals surface area contributed by atoms with E-state index in [-0.39, 0.29) is 35.1 Å². The van der Waals surface area contributed by atoms with Crippen LogP contribution in [-0.2, 0) is 14.4 Å². The van der Waals surface area contributed by atoms with Crippen LogP contribution in [0.15, 0.2) is 48.0 Å². The van der Waals surface area contributed by atoms with Gasteiger partial charge in [-0.15, -0.1) is 0 Å². The van der Waals surface area contributed by atoms with Gasteiger partial charge in [0.05, 0.1) is 17.7 Å². The predicted octanol–water partition coefficient (Wildman–Crippen LogP) is 1.13. The average molecular weight is 440 g/mol. The number of carbonyl (C=O) groups excluding carboxylic acids is 4. The molecule has 32 heavy (non-hydrogen) atoms. The fraction of sp³-hybridized carbons (Fsp3) is 0.100. The molecule has 3 rings (SSSR count). The highest BCUT2D eigenvalue weighted by molar-refractivity contribution is 6.39. The Morgan fingerprint density at radius 2 is 1.94 bits per heavy atom. The largest absolute Gasteiger partial charge is 0.493 e. The first-order chi connectivity index (χ1) is 15.2. The lowest BCUT2D eigenvalue weighted by atomic mass is 10.1. The number of nitro benzene ring substituents is 1. The molecule has 1 heterocycles. The molecule has 12 nitrogen and oxygen atoms in total. The smallest absolute Gasteiger partial charge is 0.335 e. The standard InChI is InChI=1S/C20H16N4O8/c1-31-16-8-11(5-6-15(16)32-10-17(21)25)7-14-18(26)22-20(28)23(19(14)27)12-3-2-4-13(9-12)24(29)30/h2-9H,10H2,1H3,(H2,21,25)(H,22,26,28)/b14-7+. The van der Waals surface area contributed by atoms with Gasteiger partial charge >= 0.3 is 6.03 Å². The van der Waals surface area contributed by atoms with Gasteiger partial charge in [0.15, 0.2) is 18.1 Å². The van der Waals surface area contributed by atoms with Crippen molar-refractivity contribution in [3.63, 3.8) is 0 Å². The Bertz CT molecular complexity index is 1170. The van der Waals surface area contributed by atoms with Crippen molar-refractivity contribution in [1.29, 1.82) is 0 Å². The number of rotatable bonds is 7. The molecule has 2 aromatic rings. The molecule has 12 heteroatoms. The van der Waals surface area contributed by atoms with Crippen LogP contribution in [0.1, 0.15) is 5.56 Å². The summed E-state index contributed by atoms with van der Waals surface area (Å²) in [6.45, 7) is -0.377. The number of primary amides is 1. The van der Waals surface area contributed by atoms with Crippen LogP contribution in [0.5, 0.6) is 11.5 Å². The summed E-state index contributed by atoms with van der Waals surface area (Å²) in [4.78, 5) is 59.4. The summed E-state index contributed by atoms with van der Waals surface area (Å²) in [6.07, 6.45) is 1.22. The molecule has 164 valence electrons. The van der Waals surface area contributed by atoms with Crippen LogP contribution in [-0.4, -0.2) is 42.4 Å². The maximum atomic E-state index is 12.9. The Balaban J connectivity index is 1.96. The first kappa shape index (κ1) is 22.0. The number of methoxy groups -OCH3 is 1. The van der Waals surface area contributed by atoms with E-state index < -0.39 is 28.7 Å². The molecule has 1 aliphatic heterocycles. The maximum Gasteiger partial charge on any atom is 0.335 e. The maximum absolute atomic E-state index is 12.9. The van der Waals surface area contributed by atoms with Crippen molar-refractivity contribution in [3.8, 4) is 11.5 Å². The van der Waals surface area contributed by atoms with Crippen molar-refractivity contribution in [3.05, 3.63) is 63.7 Å². The van der Waals surface area contributed by atoms with Gasteiger partial charge in [0, 0.05) is 12.1 Å². The number of hydrogen-bond acceptors (Lipinski definition) is 8. The molecule has 1 aliphatic rings. The first-order valence-corrected chi connectivity index (χ1v) is 8.96. The Morgan fingerprint density at radius 1 is 1.19 bits per heavy atom. The second-order valence-corrected chi connectivity index (χ2v) is 6.40. The fourth-order valence-electron chi connectivity index (χ4n) is 2.85. The van der Waals surface area contributed by atoms with Crippen LogP contribution >= 0.6 is 0 Å². The Morgan fingerprint density at radius 3 is 2.59 bits per heavy atom. The van der Waals surface area contributed by atoms with E-state index >= 15 is 0 Å². The number of hydrogen-bond donors (Lipinski definition) is 2. The minimum Gasteiger partial charge on any atom is -0.493 e. The number of imide groups is 2. The highest BCUT2D eigenvalue weighted by atomic mass is 16.6. The van der Waals surface area contributed by atoms with E-state index in [1.807, 2.05) is 5.32 Å². The number of nitrogens with zero attached hydrogens (tertiary/aromatic N) is 2. The number of benzene rings is 2. The van der Waals surface area contributed by atoms with Crippen molar-refractivity contribution in [1.82, 2.24) is 5.32 Å². The highest BCUT2D eigenvalue weighted by Crippen LogP contribution is 2.30. The van der Waals surface area contributed by atoms with Gasteiger partial charge in [-0.3, -0.25) is 29.8 Å². The molecule has 0 aromatic heterocycles. The highest BCUT2D eigenvalue weighted by Gasteiger charge is 2.37. The van der Waals surface area contributed by atoms with Gasteiger partial charge in [0.1, 0.15) is 5.57 Å². The van der Waals surface area contributed by atoms with Crippen LogP contribution in [0, 0.1) is 10.1 Å². The molecule has 1 fully saturated rings. The summed E-state index contributed by atoms with van der Waals surface area (Å²) in [5, 5.41) is 13.0. The van der Waals surface area contributed by atoms with E-state index in [1.54, 1.807) is 0 Å². The van der Waals surface area contributed by atoms with Crippen molar-refractivity contribution in [2.45, 2.75) is 0 Å². The summed E-state index contributed by atoms with van der Waals surface area (Å²) in [6, 6.07) is 8.21. The van der Waals surface area contributed by atoms with Gasteiger partial charge in [0.25, 0.3) is 23.4 Å². The molecule has 0 bridgehead atoms. The van der Waals surface area contributed by atoms with Gasteiger partial charge in [-0.05, 0) is 29.8 Å². The third-order valence-corrected chi connectivity index (χ3v) is 4.27. The van der Waals surface area contributed by atoms with E-state index in [0.717, 1.165) is 6.07 Å². The lowest BCUT2D eigenvalue weighted by Crippen LogP contribution is -2.54. The fourth-order valence-corrected chi connectivity index (χ4v) is 2.85. The van der Waals surface area contributed by atoms with Crippen LogP contribution < -0.4 is 25.4 Å². The van der Waals surface area contributed by atoms with Crippen molar-refractivity contribution in [2.75, 3.05) is 18.6 Å². The monoisotopic (exact) mass is 440 g/mol. The Labute approximate surface area is 180 Å². The van der Waals surface area contributed by atoms with E-state index in [2.05, 4.69) is 0 Å². The number of barbiturate groups is 1. The van der Waals surface area contributed by atoms with E-state index in [1.165, 1.54) is 49.6 Å². The van der Waals surface area contributed by atoms with Crippen LogP contribution in [0.2, 0.25) is 0 Å². The third kappa shape index (κ3) is 4.53. The number of non-ortho nitro benzene ring substituents is 1. The zero-order valence-corrected chi connectivity index (χ0v) is 16.6. The quantitative estimate of drug-likeness (QED) is 0.279. The number of ether oxygens (including phenoxy) is 2. The van der Waals surface area contributed by atoms with Gasteiger partial charge in [-0.2, -0.15) is 0 Å². The number of urea groups is 1. The van der Waals surface area contributed by atoms with Crippen molar-refractivity contribution in [2.24, 2.45) is 5.73 Å². The number of carbonyl (C=O) groups is 4. The van der Waals surface area contributed by atoms with Crippen molar-refractivity contribution < 1.29 is 33.6 Å². The normalized spacial score (nSPS) is 14.8. The molecule has 5 amide bonds. The van der Waals surface area contributed by atoms with E-state index in [0.29, 0.717) is 10.5 Å².